The van der Waals surface area contributed by atoms with Gasteiger partial charge in [0.15, 0.2) is 0 Å². The summed E-state index contributed by atoms with van der Waals surface area (Å²) < 4.78 is 5.22. The van der Waals surface area contributed by atoms with Gasteiger partial charge in [-0.2, -0.15) is 0 Å². The number of rotatable bonds is 6. The Kier molecular flexibility index (Phi) is 4.89. The smallest absolute Gasteiger partial charge is 0.254 e. The van der Waals surface area contributed by atoms with Crippen LogP contribution in [0.1, 0.15) is 41.3 Å². The van der Waals surface area contributed by atoms with E-state index in [-0.39, 0.29) is 11.9 Å². The lowest BCUT2D eigenvalue weighted by Gasteiger charge is -2.30. The number of carbonyl (C=O) groups is 1. The molecule has 2 aromatic rings. The highest BCUT2D eigenvalue weighted by Gasteiger charge is 2.34. The van der Waals surface area contributed by atoms with Gasteiger partial charge in [0.05, 0.1) is 7.11 Å². The SMILES string of the molecule is COc1ccc(CN(C(=O)c2cccc(C)c2)C(C)C2CC2)cc1. The average molecular weight is 323 g/mol. The summed E-state index contributed by atoms with van der Waals surface area (Å²) in [6, 6.07) is 16.1. The molecule has 3 nitrogen and oxygen atoms in total. The minimum absolute atomic E-state index is 0.119. The number of aryl methyl sites for hydroxylation is 1. The first-order valence-electron chi connectivity index (χ1n) is 8.59. The fourth-order valence-corrected chi connectivity index (χ4v) is 3.11. The summed E-state index contributed by atoms with van der Waals surface area (Å²) in [6.45, 7) is 4.83. The average Bonchev–Trinajstić information content (AvgIpc) is 3.44. The Morgan fingerprint density at radius 2 is 1.92 bits per heavy atom. The largest absolute Gasteiger partial charge is 0.497 e. The van der Waals surface area contributed by atoms with Crippen LogP contribution >= 0.6 is 0 Å². The van der Waals surface area contributed by atoms with Crippen LogP contribution in [0.4, 0.5) is 0 Å². The Morgan fingerprint density at radius 1 is 1.21 bits per heavy atom. The van der Waals surface area contributed by atoms with Crippen molar-refractivity contribution in [2.45, 2.75) is 39.3 Å². The van der Waals surface area contributed by atoms with Crippen molar-refractivity contribution in [2.75, 3.05) is 7.11 Å². The van der Waals surface area contributed by atoms with Crippen molar-refractivity contribution in [3.8, 4) is 5.75 Å². The molecule has 0 N–H and O–H groups in total. The van der Waals surface area contributed by atoms with Gasteiger partial charge in [-0.25, -0.2) is 0 Å². The molecule has 0 aromatic heterocycles. The molecule has 1 aliphatic carbocycles. The number of amides is 1. The van der Waals surface area contributed by atoms with Crippen molar-refractivity contribution in [3.05, 3.63) is 65.2 Å². The van der Waals surface area contributed by atoms with Crippen LogP contribution in [-0.4, -0.2) is 24.0 Å². The van der Waals surface area contributed by atoms with Crippen LogP contribution in [0.5, 0.6) is 5.75 Å². The van der Waals surface area contributed by atoms with Crippen LogP contribution in [0.25, 0.3) is 0 Å². The lowest BCUT2D eigenvalue weighted by atomic mass is 10.1. The van der Waals surface area contributed by atoms with E-state index >= 15 is 0 Å². The zero-order valence-electron chi connectivity index (χ0n) is 14.7. The van der Waals surface area contributed by atoms with Crippen molar-refractivity contribution >= 4 is 5.91 Å². The highest BCUT2D eigenvalue weighted by Crippen LogP contribution is 2.36. The summed E-state index contributed by atoms with van der Waals surface area (Å²) in [6.07, 6.45) is 2.45. The lowest BCUT2D eigenvalue weighted by molar-refractivity contribution is 0.0654. The van der Waals surface area contributed by atoms with Gasteiger partial charge in [0, 0.05) is 18.2 Å². The third-order valence-corrected chi connectivity index (χ3v) is 4.83. The standard InChI is InChI=1S/C21H25NO2/c1-15-5-4-6-19(13-15)21(23)22(16(2)18-9-10-18)14-17-7-11-20(24-3)12-8-17/h4-8,11-13,16,18H,9-10,14H2,1-3H3. The van der Waals surface area contributed by atoms with E-state index in [0.717, 1.165) is 22.4 Å². The van der Waals surface area contributed by atoms with Crippen molar-refractivity contribution < 1.29 is 9.53 Å². The fourth-order valence-electron chi connectivity index (χ4n) is 3.11. The van der Waals surface area contributed by atoms with Crippen LogP contribution in [0.2, 0.25) is 0 Å². The second-order valence-corrected chi connectivity index (χ2v) is 6.73. The van der Waals surface area contributed by atoms with Gasteiger partial charge in [-0.15, -0.1) is 0 Å². The monoisotopic (exact) mass is 323 g/mol. The molecule has 24 heavy (non-hydrogen) atoms. The van der Waals surface area contributed by atoms with Gasteiger partial charge in [-0.05, 0) is 62.4 Å². The van der Waals surface area contributed by atoms with Gasteiger partial charge in [0.1, 0.15) is 5.75 Å². The molecule has 0 heterocycles. The van der Waals surface area contributed by atoms with E-state index in [2.05, 4.69) is 6.92 Å². The molecule has 1 amide bonds. The molecular weight excluding hydrogens is 298 g/mol. The highest BCUT2D eigenvalue weighted by molar-refractivity contribution is 5.94. The predicted molar refractivity (Wildman–Crippen MR) is 96.2 cm³/mol. The molecule has 0 spiro atoms. The first kappa shape index (κ1) is 16.6. The first-order valence-corrected chi connectivity index (χ1v) is 8.59. The molecule has 1 atom stereocenters. The number of hydrogen-bond acceptors (Lipinski definition) is 2. The Balaban J connectivity index is 1.83. The molecule has 2 aromatic carbocycles. The Bertz CT molecular complexity index is 704. The Hall–Kier alpha value is -2.29. The molecule has 0 aliphatic heterocycles. The molecule has 1 unspecified atom stereocenters. The summed E-state index contributed by atoms with van der Waals surface area (Å²) in [4.78, 5) is 15.1. The van der Waals surface area contributed by atoms with Gasteiger partial charge in [0.25, 0.3) is 5.91 Å². The highest BCUT2D eigenvalue weighted by atomic mass is 16.5. The van der Waals surface area contributed by atoms with E-state index in [0.29, 0.717) is 12.5 Å². The Labute approximate surface area is 144 Å². The van der Waals surface area contributed by atoms with Gasteiger partial charge >= 0.3 is 0 Å². The molecule has 1 aliphatic rings. The second-order valence-electron chi connectivity index (χ2n) is 6.73. The molecule has 0 saturated heterocycles. The summed E-state index contributed by atoms with van der Waals surface area (Å²) in [5.41, 5.74) is 3.02. The van der Waals surface area contributed by atoms with Crippen LogP contribution < -0.4 is 4.74 Å². The minimum atomic E-state index is 0.119. The Morgan fingerprint density at radius 3 is 2.50 bits per heavy atom. The first-order chi connectivity index (χ1) is 11.6. The second kappa shape index (κ2) is 7.08. The molecule has 1 saturated carbocycles. The lowest BCUT2D eigenvalue weighted by Crippen LogP contribution is -2.39. The zero-order valence-corrected chi connectivity index (χ0v) is 14.7. The van der Waals surface area contributed by atoms with E-state index in [9.17, 15) is 4.79 Å². The van der Waals surface area contributed by atoms with Crippen LogP contribution in [0.15, 0.2) is 48.5 Å². The maximum Gasteiger partial charge on any atom is 0.254 e. The molecule has 3 rings (SSSR count). The van der Waals surface area contributed by atoms with E-state index in [1.54, 1.807) is 7.11 Å². The molecule has 3 heteroatoms. The fraction of sp³-hybridized carbons (Fsp3) is 0.381. The van der Waals surface area contributed by atoms with Gasteiger partial charge < -0.3 is 9.64 Å². The van der Waals surface area contributed by atoms with Crippen LogP contribution in [0.3, 0.4) is 0 Å². The molecular formula is C21H25NO2. The quantitative estimate of drug-likeness (QED) is 0.786. The van der Waals surface area contributed by atoms with Gasteiger partial charge in [-0.3, -0.25) is 4.79 Å². The van der Waals surface area contributed by atoms with Crippen LogP contribution in [-0.2, 0) is 6.54 Å². The van der Waals surface area contributed by atoms with E-state index in [4.69, 9.17) is 4.74 Å². The normalized spacial score (nSPS) is 15.0. The van der Waals surface area contributed by atoms with Crippen molar-refractivity contribution in [1.82, 2.24) is 4.90 Å². The number of nitrogens with zero attached hydrogens (tertiary/aromatic N) is 1. The minimum Gasteiger partial charge on any atom is -0.497 e. The zero-order chi connectivity index (χ0) is 17.1. The van der Waals surface area contributed by atoms with Gasteiger partial charge in [-0.1, -0.05) is 29.8 Å². The number of ether oxygens (including phenoxy) is 1. The maximum absolute atomic E-state index is 13.1. The van der Waals surface area contributed by atoms with Crippen LogP contribution in [0, 0.1) is 12.8 Å². The molecule has 0 radical (unpaired) electrons. The summed E-state index contributed by atoms with van der Waals surface area (Å²) in [5, 5.41) is 0. The molecule has 126 valence electrons. The summed E-state index contributed by atoms with van der Waals surface area (Å²) >= 11 is 0. The number of methoxy groups -OCH3 is 1. The summed E-state index contributed by atoms with van der Waals surface area (Å²) in [5.74, 6) is 1.59. The maximum atomic E-state index is 13.1. The number of benzene rings is 2. The van der Waals surface area contributed by atoms with Crippen molar-refractivity contribution in [2.24, 2.45) is 5.92 Å². The third kappa shape index (κ3) is 3.78. The topological polar surface area (TPSA) is 29.5 Å². The number of hydrogen-bond donors (Lipinski definition) is 0. The number of carbonyl (C=O) groups excluding carboxylic acids is 1. The van der Waals surface area contributed by atoms with E-state index < -0.39 is 0 Å². The molecule has 1 fully saturated rings. The predicted octanol–water partition coefficient (Wildman–Crippen LogP) is 4.44. The van der Waals surface area contributed by atoms with Crippen molar-refractivity contribution in [3.63, 3.8) is 0 Å². The van der Waals surface area contributed by atoms with Gasteiger partial charge in [0.2, 0.25) is 0 Å². The van der Waals surface area contributed by atoms with E-state index in [1.165, 1.54) is 12.8 Å². The summed E-state index contributed by atoms with van der Waals surface area (Å²) in [7, 11) is 1.66. The third-order valence-electron chi connectivity index (χ3n) is 4.83. The van der Waals surface area contributed by atoms with E-state index in [1.807, 2.05) is 60.4 Å². The molecule has 0 bridgehead atoms. The van der Waals surface area contributed by atoms with Crippen molar-refractivity contribution in [1.29, 1.82) is 0 Å².